The van der Waals surface area contributed by atoms with Crippen molar-refractivity contribution >= 4 is 16.9 Å². The fourth-order valence-electron chi connectivity index (χ4n) is 0.853. The molecule has 1 aliphatic rings. The highest BCUT2D eigenvalue weighted by atomic mass is 32.2. The lowest BCUT2D eigenvalue weighted by Crippen LogP contribution is -1.93. The van der Waals surface area contributed by atoms with Gasteiger partial charge in [0.15, 0.2) is 0 Å². The van der Waals surface area contributed by atoms with E-state index >= 15 is 0 Å². The highest BCUT2D eigenvalue weighted by Crippen LogP contribution is 2.24. The van der Waals surface area contributed by atoms with Gasteiger partial charge in [-0.05, 0) is 12.5 Å². The molecule has 50 valence electrons. The van der Waals surface area contributed by atoms with Crippen molar-refractivity contribution in [3.05, 3.63) is 12.2 Å². The van der Waals surface area contributed by atoms with E-state index in [1.54, 1.807) is 6.08 Å². The minimum absolute atomic E-state index is 0.216. The maximum Gasteiger partial charge on any atom is 0.212 e. The molecule has 1 heterocycles. The van der Waals surface area contributed by atoms with Crippen molar-refractivity contribution in [3.63, 3.8) is 0 Å². The van der Waals surface area contributed by atoms with Gasteiger partial charge in [0.05, 0.1) is 0 Å². The Hall–Kier alpha value is -0.240. The van der Waals surface area contributed by atoms with Crippen LogP contribution in [0.5, 0.6) is 0 Å². The molecule has 0 bridgehead atoms. The molecule has 0 spiro atoms. The molecule has 1 rings (SSSR count). The van der Waals surface area contributed by atoms with Crippen LogP contribution in [0.25, 0.3) is 0 Å². The predicted molar refractivity (Wildman–Crippen MR) is 40.4 cm³/mol. The lowest BCUT2D eigenvalue weighted by molar-refractivity contribution is -0.106. The van der Waals surface area contributed by atoms with Gasteiger partial charge in [0, 0.05) is 5.25 Å². The summed E-state index contributed by atoms with van der Waals surface area (Å²) in [5.74, 6) is 0. The van der Waals surface area contributed by atoms with Gasteiger partial charge in [-0.2, -0.15) is 0 Å². The summed E-state index contributed by atoms with van der Waals surface area (Å²) in [6.45, 7) is 2.14. The first-order chi connectivity index (χ1) is 4.33. The molecule has 1 nitrogen and oxygen atoms in total. The van der Waals surface area contributed by atoms with Gasteiger partial charge in [-0.25, -0.2) is 0 Å². The maximum absolute atomic E-state index is 10.6. The average molecular weight is 142 g/mol. The third kappa shape index (κ3) is 1.86. The zero-order valence-corrected chi connectivity index (χ0v) is 6.28. The minimum Gasteiger partial charge on any atom is -0.282 e. The molecule has 1 atom stereocenters. The van der Waals surface area contributed by atoms with Crippen LogP contribution in [0, 0.1) is 0 Å². The van der Waals surface area contributed by atoms with E-state index in [9.17, 15) is 4.79 Å². The first-order valence-electron chi connectivity index (χ1n) is 3.21. The summed E-state index contributed by atoms with van der Waals surface area (Å²) in [5.41, 5.74) is 0. The van der Waals surface area contributed by atoms with Crippen LogP contribution in [0.1, 0.15) is 19.8 Å². The van der Waals surface area contributed by atoms with Gasteiger partial charge in [0.1, 0.15) is 0 Å². The SMILES string of the molecule is CCCC1C=CC(=O)S1. The molecule has 0 N–H and O–H groups in total. The van der Waals surface area contributed by atoms with E-state index in [4.69, 9.17) is 0 Å². The molecule has 0 saturated carbocycles. The van der Waals surface area contributed by atoms with Gasteiger partial charge >= 0.3 is 0 Å². The summed E-state index contributed by atoms with van der Waals surface area (Å²) >= 11 is 1.44. The Morgan fingerprint density at radius 3 is 3.00 bits per heavy atom. The zero-order chi connectivity index (χ0) is 6.69. The summed E-state index contributed by atoms with van der Waals surface area (Å²) < 4.78 is 0. The van der Waals surface area contributed by atoms with Crippen LogP contribution >= 0.6 is 11.8 Å². The second-order valence-electron chi connectivity index (χ2n) is 2.12. The number of carbonyl (C=O) groups is 1. The number of hydrogen-bond acceptors (Lipinski definition) is 2. The summed E-state index contributed by atoms with van der Waals surface area (Å²) in [4.78, 5) is 10.6. The average Bonchev–Trinajstić information content (AvgIpc) is 2.17. The maximum atomic E-state index is 10.6. The number of thioether (sulfide) groups is 1. The summed E-state index contributed by atoms with van der Waals surface area (Å²) in [7, 11) is 0. The van der Waals surface area contributed by atoms with Crippen LogP contribution in [0.2, 0.25) is 0 Å². The lowest BCUT2D eigenvalue weighted by Gasteiger charge is -2.00. The summed E-state index contributed by atoms with van der Waals surface area (Å²) in [6.07, 6.45) is 5.96. The smallest absolute Gasteiger partial charge is 0.212 e. The Balaban J connectivity index is 2.32. The molecule has 2 heteroatoms. The molecule has 0 aromatic rings. The van der Waals surface area contributed by atoms with Crippen LogP contribution in [0.15, 0.2) is 12.2 Å². The first kappa shape index (κ1) is 6.87. The second kappa shape index (κ2) is 3.06. The van der Waals surface area contributed by atoms with Crippen molar-refractivity contribution in [2.75, 3.05) is 0 Å². The summed E-state index contributed by atoms with van der Waals surface area (Å²) in [5, 5.41) is 0.691. The Labute approximate surface area is 59.5 Å². The predicted octanol–water partition coefficient (Wildman–Crippen LogP) is 1.98. The molecule has 0 radical (unpaired) electrons. The fraction of sp³-hybridized carbons (Fsp3) is 0.571. The molecule has 0 aromatic carbocycles. The second-order valence-corrected chi connectivity index (χ2v) is 3.37. The van der Waals surface area contributed by atoms with Crippen molar-refractivity contribution in [3.8, 4) is 0 Å². The van der Waals surface area contributed by atoms with E-state index in [-0.39, 0.29) is 5.12 Å². The molecule has 0 aliphatic carbocycles. The molecule has 0 fully saturated rings. The number of carbonyl (C=O) groups excluding carboxylic acids is 1. The molecule has 0 saturated heterocycles. The van der Waals surface area contributed by atoms with Gasteiger partial charge in [0.25, 0.3) is 0 Å². The Morgan fingerprint density at radius 2 is 2.56 bits per heavy atom. The van der Waals surface area contributed by atoms with E-state index in [1.165, 1.54) is 11.8 Å². The molecular weight excluding hydrogens is 132 g/mol. The normalized spacial score (nSPS) is 25.4. The third-order valence-electron chi connectivity index (χ3n) is 1.29. The van der Waals surface area contributed by atoms with Gasteiger partial charge in [-0.15, -0.1) is 0 Å². The van der Waals surface area contributed by atoms with Gasteiger partial charge < -0.3 is 0 Å². The Kier molecular flexibility index (Phi) is 2.34. The monoisotopic (exact) mass is 142 g/mol. The van der Waals surface area contributed by atoms with E-state index in [1.807, 2.05) is 6.08 Å². The van der Waals surface area contributed by atoms with E-state index in [0.717, 1.165) is 12.8 Å². The van der Waals surface area contributed by atoms with Gasteiger partial charge in [0.2, 0.25) is 5.12 Å². The quantitative estimate of drug-likeness (QED) is 0.586. The Morgan fingerprint density at radius 1 is 1.78 bits per heavy atom. The van der Waals surface area contributed by atoms with Crippen molar-refractivity contribution < 1.29 is 4.79 Å². The third-order valence-corrected chi connectivity index (χ3v) is 2.35. The lowest BCUT2D eigenvalue weighted by atomic mass is 10.2. The van der Waals surface area contributed by atoms with E-state index in [0.29, 0.717) is 5.25 Å². The Bertz CT molecular complexity index is 140. The first-order valence-corrected chi connectivity index (χ1v) is 4.09. The number of hydrogen-bond donors (Lipinski definition) is 0. The summed E-state index contributed by atoms with van der Waals surface area (Å²) in [6, 6.07) is 0. The number of rotatable bonds is 2. The van der Waals surface area contributed by atoms with Crippen LogP contribution in [-0.2, 0) is 4.79 Å². The largest absolute Gasteiger partial charge is 0.282 e. The highest BCUT2D eigenvalue weighted by Gasteiger charge is 2.14. The van der Waals surface area contributed by atoms with Gasteiger partial charge in [-0.1, -0.05) is 31.2 Å². The van der Waals surface area contributed by atoms with Crippen molar-refractivity contribution in [2.24, 2.45) is 0 Å². The van der Waals surface area contributed by atoms with Crippen molar-refractivity contribution in [1.29, 1.82) is 0 Å². The molecule has 9 heavy (non-hydrogen) atoms. The van der Waals surface area contributed by atoms with Crippen LogP contribution in [0.4, 0.5) is 0 Å². The zero-order valence-electron chi connectivity index (χ0n) is 5.46. The van der Waals surface area contributed by atoms with Crippen LogP contribution in [0.3, 0.4) is 0 Å². The fourth-order valence-corrected chi connectivity index (χ4v) is 1.82. The molecule has 1 unspecified atom stereocenters. The van der Waals surface area contributed by atoms with Crippen LogP contribution < -0.4 is 0 Å². The molecule has 1 aliphatic heterocycles. The van der Waals surface area contributed by atoms with Crippen molar-refractivity contribution in [1.82, 2.24) is 0 Å². The minimum atomic E-state index is 0.216. The molecular formula is C7H10OS. The van der Waals surface area contributed by atoms with Crippen LogP contribution in [-0.4, -0.2) is 10.4 Å². The van der Waals surface area contributed by atoms with E-state index < -0.39 is 0 Å². The molecule has 0 amide bonds. The van der Waals surface area contributed by atoms with E-state index in [2.05, 4.69) is 6.92 Å². The van der Waals surface area contributed by atoms with Gasteiger partial charge in [-0.3, -0.25) is 4.79 Å². The topological polar surface area (TPSA) is 17.1 Å². The highest BCUT2D eigenvalue weighted by molar-refractivity contribution is 8.15. The molecule has 0 aromatic heterocycles. The van der Waals surface area contributed by atoms with Crippen molar-refractivity contribution in [2.45, 2.75) is 25.0 Å². The standard InChI is InChI=1S/C7H10OS/c1-2-3-6-4-5-7(8)9-6/h4-6H,2-3H2,1H3.